The molecule has 53 heavy (non-hydrogen) atoms. The molecule has 13 aromatic rings. The second kappa shape index (κ2) is 9.88. The van der Waals surface area contributed by atoms with E-state index in [1.165, 1.54) is 103 Å². The molecule has 0 amide bonds. The first-order valence-corrected chi connectivity index (χ1v) is 18.4. The maximum absolute atomic E-state index is 7.09. The largest absolute Gasteiger partial charge is 0.455 e. The summed E-state index contributed by atoms with van der Waals surface area (Å²) in [4.78, 5) is 0. The molecule has 0 N–H and O–H groups in total. The van der Waals surface area contributed by atoms with E-state index in [0.29, 0.717) is 0 Å². The highest BCUT2D eigenvalue weighted by molar-refractivity contribution is 6.30. The molecule has 0 atom stereocenters. The van der Waals surface area contributed by atoms with Crippen molar-refractivity contribution in [2.45, 2.75) is 0 Å². The lowest BCUT2D eigenvalue weighted by atomic mass is 9.87. The third-order valence-corrected chi connectivity index (χ3v) is 12.1. The third-order valence-electron chi connectivity index (χ3n) is 12.1. The van der Waals surface area contributed by atoms with E-state index in [1.54, 1.807) is 0 Å². The van der Waals surface area contributed by atoms with Gasteiger partial charge in [0.2, 0.25) is 0 Å². The first-order valence-electron chi connectivity index (χ1n) is 18.4. The lowest BCUT2D eigenvalue weighted by molar-refractivity contribution is 0.674. The highest BCUT2D eigenvalue weighted by atomic mass is 16.3. The fraction of sp³-hybridized carbons (Fsp3) is 0. The topological polar surface area (TPSA) is 13.1 Å². The van der Waals surface area contributed by atoms with E-state index in [-0.39, 0.29) is 0 Å². The highest BCUT2D eigenvalue weighted by Crippen LogP contribution is 2.47. The number of fused-ring (bicyclic) bond motifs is 7. The molecule has 0 radical (unpaired) electrons. The number of benzene rings is 12. The lowest BCUT2D eigenvalue weighted by Crippen LogP contribution is -1.89. The van der Waals surface area contributed by atoms with Gasteiger partial charge in [-0.3, -0.25) is 0 Å². The molecule has 0 aliphatic rings. The second-order valence-corrected chi connectivity index (χ2v) is 14.8. The molecule has 242 valence electrons. The molecule has 0 unspecified atom stereocenters. The molecule has 0 fully saturated rings. The van der Waals surface area contributed by atoms with E-state index in [4.69, 9.17) is 4.42 Å². The predicted octanol–water partition coefficient (Wildman–Crippen LogP) is 15.0. The lowest BCUT2D eigenvalue weighted by Gasteiger charge is -2.16. The molecule has 0 saturated heterocycles. The van der Waals surface area contributed by atoms with Crippen LogP contribution >= 0.6 is 0 Å². The Kier molecular flexibility index (Phi) is 5.17. The molecule has 0 bridgehead atoms. The van der Waals surface area contributed by atoms with Crippen LogP contribution in [0.25, 0.3) is 130 Å². The number of hydrogen-bond acceptors (Lipinski definition) is 1. The summed E-state index contributed by atoms with van der Waals surface area (Å²) in [6.07, 6.45) is 0. The zero-order valence-electron chi connectivity index (χ0n) is 28.6. The van der Waals surface area contributed by atoms with Crippen LogP contribution in [0.5, 0.6) is 0 Å². The minimum atomic E-state index is 0.939. The standard InChI is InChI=1S/C52H28O/c1-2-10-40-29(5-1)15-26-44-50-39-22-20-36(38-21-16-34-13-11-30-6-3-8-32-18-24-42(38)48(34)46(30)32)27-37(39)28-45(52(50)53-51(40)44)41-23-17-35-14-12-31-7-4-9-33-19-25-43(41)49(35)47(31)33/h1-28H. The van der Waals surface area contributed by atoms with Crippen molar-refractivity contribution in [1.29, 1.82) is 0 Å². The summed E-state index contributed by atoms with van der Waals surface area (Å²) < 4.78 is 7.09. The molecular weight excluding hydrogens is 641 g/mol. The van der Waals surface area contributed by atoms with E-state index < -0.39 is 0 Å². The maximum atomic E-state index is 7.09. The average molecular weight is 669 g/mol. The van der Waals surface area contributed by atoms with E-state index in [0.717, 1.165) is 27.5 Å². The van der Waals surface area contributed by atoms with Crippen LogP contribution < -0.4 is 0 Å². The first kappa shape index (κ1) is 27.7. The van der Waals surface area contributed by atoms with Crippen LogP contribution in [0.2, 0.25) is 0 Å². The second-order valence-electron chi connectivity index (χ2n) is 14.8. The van der Waals surface area contributed by atoms with E-state index in [2.05, 4.69) is 170 Å². The zero-order valence-corrected chi connectivity index (χ0v) is 28.6. The van der Waals surface area contributed by atoms with E-state index in [1.807, 2.05) is 0 Å². The summed E-state index contributed by atoms with van der Waals surface area (Å²) in [7, 11) is 0. The normalized spacial score (nSPS) is 12.5. The van der Waals surface area contributed by atoms with Gasteiger partial charge in [0, 0.05) is 21.7 Å². The molecular formula is C52H28O. The summed E-state index contributed by atoms with van der Waals surface area (Å²) in [5.41, 5.74) is 6.67. The molecule has 0 spiro atoms. The fourth-order valence-corrected chi connectivity index (χ4v) is 9.74. The number of furan rings is 1. The number of hydrogen-bond donors (Lipinski definition) is 0. The van der Waals surface area contributed by atoms with Crippen molar-refractivity contribution in [2.75, 3.05) is 0 Å². The van der Waals surface area contributed by atoms with E-state index in [9.17, 15) is 0 Å². The Labute approximate surface area is 303 Å². The van der Waals surface area contributed by atoms with E-state index >= 15 is 0 Å². The van der Waals surface area contributed by atoms with Gasteiger partial charge in [0.15, 0.2) is 0 Å². The quantitative estimate of drug-likeness (QED) is 0.167. The third kappa shape index (κ3) is 3.61. The van der Waals surface area contributed by atoms with Crippen molar-refractivity contribution in [3.05, 3.63) is 170 Å². The van der Waals surface area contributed by atoms with Crippen molar-refractivity contribution in [3.8, 4) is 22.3 Å². The van der Waals surface area contributed by atoms with Gasteiger partial charge in [-0.15, -0.1) is 0 Å². The van der Waals surface area contributed by atoms with Gasteiger partial charge in [-0.25, -0.2) is 0 Å². The Bertz CT molecular complexity index is 3640. The minimum Gasteiger partial charge on any atom is -0.455 e. The van der Waals surface area contributed by atoms with Gasteiger partial charge in [0.25, 0.3) is 0 Å². The van der Waals surface area contributed by atoms with Gasteiger partial charge in [0.1, 0.15) is 11.2 Å². The van der Waals surface area contributed by atoms with Gasteiger partial charge >= 0.3 is 0 Å². The summed E-state index contributed by atoms with van der Waals surface area (Å²) in [6.45, 7) is 0. The van der Waals surface area contributed by atoms with Crippen LogP contribution in [-0.2, 0) is 0 Å². The van der Waals surface area contributed by atoms with Gasteiger partial charge in [-0.1, -0.05) is 152 Å². The minimum absolute atomic E-state index is 0.939. The summed E-state index contributed by atoms with van der Waals surface area (Å²) in [5, 5.41) is 22.6. The monoisotopic (exact) mass is 668 g/mol. The summed E-state index contributed by atoms with van der Waals surface area (Å²) >= 11 is 0. The van der Waals surface area contributed by atoms with Crippen LogP contribution in [0.3, 0.4) is 0 Å². The Balaban J connectivity index is 1.15. The first-order chi connectivity index (χ1) is 26.3. The Hall–Kier alpha value is -6.96. The van der Waals surface area contributed by atoms with Crippen LogP contribution in [-0.4, -0.2) is 0 Å². The van der Waals surface area contributed by atoms with Crippen molar-refractivity contribution in [3.63, 3.8) is 0 Å². The molecule has 1 aromatic heterocycles. The van der Waals surface area contributed by atoms with Crippen molar-refractivity contribution >= 4 is 108 Å². The maximum Gasteiger partial charge on any atom is 0.143 e. The molecule has 1 nitrogen and oxygen atoms in total. The van der Waals surface area contributed by atoms with Crippen molar-refractivity contribution in [2.24, 2.45) is 0 Å². The van der Waals surface area contributed by atoms with Gasteiger partial charge in [-0.05, 0) is 116 Å². The number of rotatable bonds is 2. The Morgan fingerprint density at radius 3 is 1.45 bits per heavy atom. The summed E-state index contributed by atoms with van der Waals surface area (Å²) in [5.74, 6) is 0. The molecule has 1 heterocycles. The highest BCUT2D eigenvalue weighted by Gasteiger charge is 2.21. The molecule has 0 saturated carbocycles. The molecule has 13 rings (SSSR count). The van der Waals surface area contributed by atoms with Gasteiger partial charge in [-0.2, -0.15) is 0 Å². The zero-order chi connectivity index (χ0) is 34.4. The molecule has 1 heteroatoms. The fourth-order valence-electron chi connectivity index (χ4n) is 9.74. The van der Waals surface area contributed by atoms with Crippen LogP contribution in [0, 0.1) is 0 Å². The van der Waals surface area contributed by atoms with Crippen LogP contribution in [0.1, 0.15) is 0 Å². The Morgan fingerprint density at radius 2 is 0.755 bits per heavy atom. The smallest absolute Gasteiger partial charge is 0.143 e. The van der Waals surface area contributed by atoms with Crippen LogP contribution in [0.4, 0.5) is 0 Å². The van der Waals surface area contributed by atoms with Crippen molar-refractivity contribution in [1.82, 2.24) is 0 Å². The SMILES string of the molecule is c1ccc2c(c1)ccc1c2oc2c(-c3ccc4ccc5cccc6ccc3c4c56)cc3cc(-c4ccc5ccc6cccc7ccc4c5c67)ccc3c21. The average Bonchev–Trinajstić information content (AvgIpc) is 3.62. The summed E-state index contributed by atoms with van der Waals surface area (Å²) in [6, 6.07) is 63.1. The predicted molar refractivity (Wildman–Crippen MR) is 227 cm³/mol. The van der Waals surface area contributed by atoms with Gasteiger partial charge < -0.3 is 4.42 Å². The molecule has 12 aromatic carbocycles. The van der Waals surface area contributed by atoms with Crippen molar-refractivity contribution < 1.29 is 4.42 Å². The molecule has 0 aliphatic heterocycles. The van der Waals surface area contributed by atoms with Crippen LogP contribution in [0.15, 0.2) is 174 Å². The molecule has 0 aliphatic carbocycles. The Morgan fingerprint density at radius 1 is 0.245 bits per heavy atom. The van der Waals surface area contributed by atoms with Gasteiger partial charge in [0.05, 0.1) is 0 Å².